The molecule has 3 heterocycles. The van der Waals surface area contributed by atoms with Crippen LogP contribution in [0, 0.1) is 5.92 Å². The summed E-state index contributed by atoms with van der Waals surface area (Å²) in [7, 11) is -3.14. The highest BCUT2D eigenvalue weighted by atomic mass is 32.2. The fourth-order valence-corrected chi connectivity index (χ4v) is 6.82. The zero-order valence-corrected chi connectivity index (χ0v) is 18.8. The van der Waals surface area contributed by atoms with Gasteiger partial charge in [0.2, 0.25) is 10.0 Å². The van der Waals surface area contributed by atoms with Crippen molar-refractivity contribution in [2.45, 2.75) is 70.4 Å². The third-order valence-corrected chi connectivity index (χ3v) is 8.38. The van der Waals surface area contributed by atoms with Crippen molar-refractivity contribution < 1.29 is 13.2 Å². The fraction of sp³-hybridized carbons (Fsp3) is 0.739. The predicted molar refractivity (Wildman–Crippen MR) is 117 cm³/mol. The van der Waals surface area contributed by atoms with E-state index < -0.39 is 10.0 Å². The third-order valence-electron chi connectivity index (χ3n) is 7.08. The number of sulfonamides is 1. The molecule has 2 saturated heterocycles. The lowest BCUT2D eigenvalue weighted by Gasteiger charge is -2.51. The van der Waals surface area contributed by atoms with Gasteiger partial charge in [-0.15, -0.1) is 0 Å². The zero-order chi connectivity index (χ0) is 20.4. The summed E-state index contributed by atoms with van der Waals surface area (Å²) < 4.78 is 32.5. The van der Waals surface area contributed by atoms with Crippen LogP contribution in [0.3, 0.4) is 0 Å². The van der Waals surface area contributed by atoms with Gasteiger partial charge >= 0.3 is 0 Å². The molecule has 0 saturated carbocycles. The van der Waals surface area contributed by atoms with Crippen molar-refractivity contribution in [3.63, 3.8) is 0 Å². The molecule has 0 spiro atoms. The number of piperidine rings is 2. The molecule has 6 heteroatoms. The second-order valence-corrected chi connectivity index (χ2v) is 11.0. The molecule has 1 aromatic rings. The van der Waals surface area contributed by atoms with Gasteiger partial charge in [0, 0.05) is 31.7 Å². The van der Waals surface area contributed by atoms with Crippen LogP contribution in [0.4, 0.5) is 0 Å². The number of fused-ring (bicyclic) bond motifs is 4. The Bertz CT molecular complexity index is 810. The maximum absolute atomic E-state index is 12.4. The molecule has 0 aromatic heterocycles. The molecule has 0 N–H and O–H groups in total. The van der Waals surface area contributed by atoms with Gasteiger partial charge in [0.05, 0.1) is 12.9 Å². The van der Waals surface area contributed by atoms with E-state index in [1.54, 1.807) is 4.31 Å². The molecule has 0 aliphatic carbocycles. The van der Waals surface area contributed by atoms with Crippen molar-refractivity contribution in [1.82, 2.24) is 9.21 Å². The highest BCUT2D eigenvalue weighted by Gasteiger charge is 2.44. The number of unbranched alkanes of at least 4 members (excludes halogenated alkanes) is 3. The van der Waals surface area contributed by atoms with Crippen molar-refractivity contribution in [2.24, 2.45) is 5.92 Å². The van der Waals surface area contributed by atoms with Crippen LogP contribution in [0.2, 0.25) is 0 Å². The highest BCUT2D eigenvalue weighted by molar-refractivity contribution is 7.88. The van der Waals surface area contributed by atoms with E-state index >= 15 is 0 Å². The van der Waals surface area contributed by atoms with Gasteiger partial charge in [0.15, 0.2) is 0 Å². The van der Waals surface area contributed by atoms with Gasteiger partial charge in [-0.2, -0.15) is 4.31 Å². The largest absolute Gasteiger partial charge is 0.494 e. The summed E-state index contributed by atoms with van der Waals surface area (Å²) in [5.74, 6) is 1.46. The Morgan fingerprint density at radius 1 is 1.17 bits per heavy atom. The van der Waals surface area contributed by atoms with Gasteiger partial charge in [-0.25, -0.2) is 8.42 Å². The summed E-state index contributed by atoms with van der Waals surface area (Å²) in [6, 6.07) is 7.07. The van der Waals surface area contributed by atoms with Crippen LogP contribution in [0.15, 0.2) is 18.2 Å². The molecular weight excluding hydrogens is 384 g/mol. The molecule has 0 radical (unpaired) electrons. The molecule has 3 aliphatic rings. The number of benzene rings is 1. The first kappa shape index (κ1) is 21.1. The molecule has 0 unspecified atom stereocenters. The van der Waals surface area contributed by atoms with E-state index in [0.29, 0.717) is 18.5 Å². The number of hydrogen-bond donors (Lipinski definition) is 0. The Morgan fingerprint density at radius 3 is 2.83 bits per heavy atom. The van der Waals surface area contributed by atoms with Crippen LogP contribution < -0.4 is 4.74 Å². The van der Waals surface area contributed by atoms with E-state index in [2.05, 4.69) is 30.0 Å². The van der Waals surface area contributed by atoms with Crippen molar-refractivity contribution in [3.05, 3.63) is 29.3 Å². The van der Waals surface area contributed by atoms with Gasteiger partial charge in [-0.3, -0.25) is 4.90 Å². The summed E-state index contributed by atoms with van der Waals surface area (Å²) in [6.45, 7) is 5.80. The highest BCUT2D eigenvalue weighted by Crippen LogP contribution is 2.44. The number of nitrogens with zero attached hydrogens (tertiary/aromatic N) is 2. The lowest BCUT2D eigenvalue weighted by atomic mass is 9.77. The Morgan fingerprint density at radius 2 is 2.03 bits per heavy atom. The van der Waals surface area contributed by atoms with Crippen LogP contribution in [-0.2, 0) is 16.4 Å². The summed E-state index contributed by atoms with van der Waals surface area (Å²) in [4.78, 5) is 2.60. The first-order valence-corrected chi connectivity index (χ1v) is 13.3. The van der Waals surface area contributed by atoms with Gasteiger partial charge in [-0.1, -0.05) is 32.3 Å². The van der Waals surface area contributed by atoms with Crippen LogP contribution in [0.25, 0.3) is 0 Å². The summed E-state index contributed by atoms with van der Waals surface area (Å²) in [6.07, 6.45) is 10.4. The minimum Gasteiger partial charge on any atom is -0.494 e. The van der Waals surface area contributed by atoms with Crippen molar-refractivity contribution in [2.75, 3.05) is 32.5 Å². The second kappa shape index (κ2) is 8.94. The van der Waals surface area contributed by atoms with Crippen molar-refractivity contribution >= 4 is 10.0 Å². The van der Waals surface area contributed by atoms with Gasteiger partial charge in [-0.05, 0) is 61.3 Å². The molecule has 29 heavy (non-hydrogen) atoms. The SMILES string of the molecule is CCCCCCOc1ccc2c(c1)CCN1C[C@H]3CCCN(S(C)(=O)=O)[C@H]3C[C@H]21. The molecule has 4 rings (SSSR count). The first-order valence-electron chi connectivity index (χ1n) is 11.4. The average Bonchev–Trinajstić information content (AvgIpc) is 2.70. The molecule has 5 nitrogen and oxygen atoms in total. The van der Waals surface area contributed by atoms with Crippen LogP contribution >= 0.6 is 0 Å². The van der Waals surface area contributed by atoms with Crippen LogP contribution in [0.5, 0.6) is 5.75 Å². The molecule has 0 bridgehead atoms. The Hall–Kier alpha value is -1.11. The standard InChI is InChI=1S/C23H36N2O3S/c1-3-4-5-6-14-28-20-9-10-21-18(15-20)11-13-24-17-19-8-7-12-25(29(2,26)27)22(19)16-23(21)24/h9-10,15,19,22-23H,3-8,11-14,16-17H2,1-2H3/t19-,22+,23-/m1/s1. The smallest absolute Gasteiger partial charge is 0.211 e. The molecule has 2 fully saturated rings. The maximum Gasteiger partial charge on any atom is 0.211 e. The predicted octanol–water partition coefficient (Wildman–Crippen LogP) is 3.99. The topological polar surface area (TPSA) is 49.9 Å². The van der Waals surface area contributed by atoms with E-state index in [4.69, 9.17) is 4.74 Å². The Balaban J connectivity index is 1.47. The molecular formula is C23H36N2O3S. The normalized spacial score (nSPS) is 27.7. The molecule has 162 valence electrons. The van der Waals surface area contributed by atoms with E-state index in [-0.39, 0.29) is 6.04 Å². The molecule has 3 aliphatic heterocycles. The molecule has 3 atom stereocenters. The van der Waals surface area contributed by atoms with Crippen LogP contribution in [-0.4, -0.2) is 56.2 Å². The average molecular weight is 421 g/mol. The number of ether oxygens (including phenoxy) is 1. The first-order chi connectivity index (χ1) is 14.0. The summed E-state index contributed by atoms with van der Waals surface area (Å²) in [5, 5.41) is 0. The summed E-state index contributed by atoms with van der Waals surface area (Å²) in [5.41, 5.74) is 2.77. The fourth-order valence-electron chi connectivity index (χ4n) is 5.61. The Labute approximate surface area is 176 Å². The maximum atomic E-state index is 12.4. The minimum atomic E-state index is -3.14. The second-order valence-electron chi connectivity index (χ2n) is 9.11. The van der Waals surface area contributed by atoms with Crippen LogP contribution in [0.1, 0.15) is 69.0 Å². The lowest BCUT2D eigenvalue weighted by Crippen LogP contribution is -2.57. The molecule has 1 aromatic carbocycles. The molecule has 0 amide bonds. The Kier molecular flexibility index (Phi) is 6.52. The minimum absolute atomic E-state index is 0.153. The van der Waals surface area contributed by atoms with E-state index in [1.165, 1.54) is 36.6 Å². The van der Waals surface area contributed by atoms with Gasteiger partial charge in [0.1, 0.15) is 5.75 Å². The van der Waals surface area contributed by atoms with Crippen molar-refractivity contribution in [1.29, 1.82) is 0 Å². The number of rotatable bonds is 7. The zero-order valence-electron chi connectivity index (χ0n) is 18.0. The van der Waals surface area contributed by atoms with E-state index in [0.717, 1.165) is 57.6 Å². The lowest BCUT2D eigenvalue weighted by molar-refractivity contribution is 0.0222. The van der Waals surface area contributed by atoms with Gasteiger partial charge in [0.25, 0.3) is 0 Å². The third kappa shape index (κ3) is 4.64. The van der Waals surface area contributed by atoms with E-state index in [9.17, 15) is 8.42 Å². The van der Waals surface area contributed by atoms with Crippen molar-refractivity contribution in [3.8, 4) is 5.75 Å². The monoisotopic (exact) mass is 420 g/mol. The van der Waals surface area contributed by atoms with Gasteiger partial charge < -0.3 is 4.74 Å². The summed E-state index contributed by atoms with van der Waals surface area (Å²) >= 11 is 0. The quantitative estimate of drug-likeness (QED) is 0.626. The van der Waals surface area contributed by atoms with E-state index in [1.807, 2.05) is 0 Å². The number of hydrogen-bond acceptors (Lipinski definition) is 4.